The summed E-state index contributed by atoms with van der Waals surface area (Å²) in [5, 5.41) is 4.86. The number of nitrogens with zero attached hydrogens (tertiary/aromatic N) is 1. The van der Waals surface area contributed by atoms with Gasteiger partial charge in [-0.2, -0.15) is 0 Å². The van der Waals surface area contributed by atoms with Gasteiger partial charge in [-0.1, -0.05) is 6.07 Å². The van der Waals surface area contributed by atoms with Crippen molar-refractivity contribution in [3.8, 4) is 0 Å². The quantitative estimate of drug-likeness (QED) is 0.900. The number of rotatable bonds is 4. The Morgan fingerprint density at radius 3 is 2.55 bits per heavy atom. The van der Waals surface area contributed by atoms with Crippen LogP contribution < -0.4 is 10.6 Å². The highest BCUT2D eigenvalue weighted by Gasteiger charge is 2.06. The van der Waals surface area contributed by atoms with E-state index < -0.39 is 11.8 Å². The summed E-state index contributed by atoms with van der Waals surface area (Å²) in [6.45, 7) is 0. The molecular formula is C15H16FN3O. The average molecular weight is 273 g/mol. The molecule has 0 bridgehead atoms. The molecule has 2 amide bonds. The summed E-state index contributed by atoms with van der Waals surface area (Å²) >= 11 is 0. The van der Waals surface area contributed by atoms with Gasteiger partial charge in [0.15, 0.2) is 0 Å². The van der Waals surface area contributed by atoms with Gasteiger partial charge in [0.05, 0.1) is 5.69 Å². The number of pyridine rings is 1. The van der Waals surface area contributed by atoms with Crippen LogP contribution in [0.25, 0.3) is 0 Å². The maximum absolute atomic E-state index is 13.6. The van der Waals surface area contributed by atoms with E-state index in [2.05, 4.69) is 15.6 Å². The third-order valence-corrected chi connectivity index (χ3v) is 2.96. The molecule has 0 aliphatic heterocycles. The minimum Gasteiger partial charge on any atom is -0.341 e. The number of amides is 2. The Balaban J connectivity index is 2.05. The lowest BCUT2D eigenvalue weighted by molar-refractivity contribution is 0.254. The Morgan fingerprint density at radius 2 is 1.85 bits per heavy atom. The van der Waals surface area contributed by atoms with Crippen molar-refractivity contribution >= 4 is 11.7 Å². The molecule has 0 radical (unpaired) electrons. The van der Waals surface area contributed by atoms with Gasteiger partial charge in [-0.3, -0.25) is 4.98 Å². The summed E-state index contributed by atoms with van der Waals surface area (Å²) < 4.78 is 13.6. The lowest BCUT2D eigenvalue weighted by atomic mass is 10.0. The van der Waals surface area contributed by atoms with Crippen molar-refractivity contribution in [2.24, 2.45) is 0 Å². The van der Waals surface area contributed by atoms with E-state index in [9.17, 15) is 9.18 Å². The number of carbonyl (C=O) groups excluding carboxylic acids is 1. The smallest absolute Gasteiger partial charge is 0.319 e. The number of nitrogens with one attached hydrogen (secondary N) is 2. The van der Waals surface area contributed by atoms with E-state index in [1.165, 1.54) is 18.7 Å². The van der Waals surface area contributed by atoms with Gasteiger partial charge < -0.3 is 10.6 Å². The number of urea groups is 1. The third kappa shape index (κ3) is 3.78. The fourth-order valence-electron chi connectivity index (χ4n) is 1.85. The Kier molecular flexibility index (Phi) is 4.65. The lowest BCUT2D eigenvalue weighted by Gasteiger charge is -2.08. The second-order valence-electron chi connectivity index (χ2n) is 4.37. The number of benzene rings is 1. The van der Waals surface area contributed by atoms with Crippen molar-refractivity contribution in [3.63, 3.8) is 0 Å². The molecule has 2 rings (SSSR count). The van der Waals surface area contributed by atoms with Crippen LogP contribution >= 0.6 is 0 Å². The number of aryl methyl sites for hydroxylation is 2. The summed E-state index contributed by atoms with van der Waals surface area (Å²) in [5.74, 6) is -0.443. The molecule has 0 unspecified atom stereocenters. The Hall–Kier alpha value is -2.43. The molecule has 5 heteroatoms. The first-order valence-electron chi connectivity index (χ1n) is 6.35. The lowest BCUT2D eigenvalue weighted by Crippen LogP contribution is -2.25. The van der Waals surface area contributed by atoms with Crippen LogP contribution in [0, 0.1) is 5.82 Å². The first-order valence-corrected chi connectivity index (χ1v) is 6.35. The number of aromatic nitrogens is 1. The molecule has 0 saturated carbocycles. The van der Waals surface area contributed by atoms with Gasteiger partial charge in [-0.25, -0.2) is 9.18 Å². The topological polar surface area (TPSA) is 54.0 Å². The van der Waals surface area contributed by atoms with Gasteiger partial charge in [0.25, 0.3) is 0 Å². The molecule has 20 heavy (non-hydrogen) atoms. The summed E-state index contributed by atoms with van der Waals surface area (Å²) in [6.07, 6.45) is 5.11. The second-order valence-corrected chi connectivity index (χ2v) is 4.37. The van der Waals surface area contributed by atoms with Crippen LogP contribution in [-0.4, -0.2) is 18.1 Å². The number of carbonyl (C=O) groups is 1. The predicted octanol–water partition coefficient (Wildman–Crippen LogP) is 2.76. The zero-order valence-electron chi connectivity index (χ0n) is 11.2. The van der Waals surface area contributed by atoms with E-state index in [1.807, 2.05) is 12.1 Å². The highest BCUT2D eigenvalue weighted by atomic mass is 19.1. The van der Waals surface area contributed by atoms with Crippen LogP contribution in [-0.2, 0) is 12.8 Å². The molecule has 0 spiro atoms. The predicted molar refractivity (Wildman–Crippen MR) is 76.1 cm³/mol. The molecular weight excluding hydrogens is 257 g/mol. The molecule has 0 atom stereocenters. The van der Waals surface area contributed by atoms with Gasteiger partial charge >= 0.3 is 6.03 Å². The van der Waals surface area contributed by atoms with Crippen LogP contribution in [0.3, 0.4) is 0 Å². The third-order valence-electron chi connectivity index (χ3n) is 2.96. The summed E-state index contributed by atoms with van der Waals surface area (Å²) in [5.41, 5.74) is 2.33. The first kappa shape index (κ1) is 14.0. The van der Waals surface area contributed by atoms with Gasteiger partial charge in [0.2, 0.25) is 0 Å². The molecule has 0 fully saturated rings. The normalized spacial score (nSPS) is 10.1. The molecule has 0 aliphatic carbocycles. The van der Waals surface area contributed by atoms with Crippen LogP contribution in [0.5, 0.6) is 0 Å². The average Bonchev–Trinajstić information content (AvgIpc) is 2.49. The minimum atomic E-state index is -0.443. The fraction of sp³-hybridized carbons (Fsp3) is 0.200. The summed E-state index contributed by atoms with van der Waals surface area (Å²) in [4.78, 5) is 15.2. The van der Waals surface area contributed by atoms with E-state index in [0.717, 1.165) is 18.4 Å². The van der Waals surface area contributed by atoms with Crippen molar-refractivity contribution in [1.29, 1.82) is 0 Å². The van der Waals surface area contributed by atoms with Gasteiger partial charge in [0.1, 0.15) is 5.82 Å². The Bertz CT molecular complexity index is 587. The second kappa shape index (κ2) is 6.65. The van der Waals surface area contributed by atoms with Crippen molar-refractivity contribution in [2.75, 3.05) is 12.4 Å². The standard InChI is InChI=1S/C15H16FN3O/c1-17-15(20)19-14-10-12(4-5-13(14)16)3-2-11-6-8-18-9-7-11/h4-10H,2-3H2,1H3,(H2,17,19,20). The van der Waals surface area contributed by atoms with Crippen molar-refractivity contribution in [2.45, 2.75) is 12.8 Å². The van der Waals surface area contributed by atoms with E-state index in [4.69, 9.17) is 0 Å². The van der Waals surface area contributed by atoms with E-state index in [-0.39, 0.29) is 5.69 Å². The monoisotopic (exact) mass is 273 g/mol. The number of anilines is 1. The first-order chi connectivity index (χ1) is 9.69. The number of hydrogen-bond acceptors (Lipinski definition) is 2. The van der Waals surface area contributed by atoms with Gasteiger partial charge in [-0.05, 0) is 48.2 Å². The maximum atomic E-state index is 13.6. The van der Waals surface area contributed by atoms with E-state index >= 15 is 0 Å². The van der Waals surface area contributed by atoms with Gasteiger partial charge in [-0.15, -0.1) is 0 Å². The largest absolute Gasteiger partial charge is 0.341 e. The number of halogens is 1. The van der Waals surface area contributed by atoms with Crippen LogP contribution in [0.15, 0.2) is 42.7 Å². The van der Waals surface area contributed by atoms with E-state index in [0.29, 0.717) is 0 Å². The molecule has 1 aromatic heterocycles. The number of hydrogen-bond donors (Lipinski definition) is 2. The van der Waals surface area contributed by atoms with Crippen LogP contribution in [0.2, 0.25) is 0 Å². The van der Waals surface area contributed by atoms with E-state index in [1.54, 1.807) is 24.5 Å². The van der Waals surface area contributed by atoms with Crippen molar-refractivity contribution < 1.29 is 9.18 Å². The highest BCUT2D eigenvalue weighted by molar-refractivity contribution is 5.89. The molecule has 104 valence electrons. The van der Waals surface area contributed by atoms with Crippen LogP contribution in [0.4, 0.5) is 14.9 Å². The molecule has 2 aromatic rings. The Morgan fingerprint density at radius 1 is 1.15 bits per heavy atom. The molecule has 1 aromatic carbocycles. The molecule has 1 heterocycles. The fourth-order valence-corrected chi connectivity index (χ4v) is 1.85. The summed E-state index contributed by atoms with van der Waals surface area (Å²) in [7, 11) is 1.49. The molecule has 0 aliphatic rings. The zero-order chi connectivity index (χ0) is 14.4. The zero-order valence-corrected chi connectivity index (χ0v) is 11.2. The molecule has 0 saturated heterocycles. The molecule has 4 nitrogen and oxygen atoms in total. The highest BCUT2D eigenvalue weighted by Crippen LogP contribution is 2.17. The SMILES string of the molecule is CNC(=O)Nc1cc(CCc2ccncc2)ccc1F. The Labute approximate surface area is 117 Å². The van der Waals surface area contributed by atoms with Crippen LogP contribution in [0.1, 0.15) is 11.1 Å². The van der Waals surface area contributed by atoms with Gasteiger partial charge in [0, 0.05) is 19.4 Å². The summed E-state index contributed by atoms with van der Waals surface area (Å²) in [6, 6.07) is 8.22. The molecule has 2 N–H and O–H groups in total. The maximum Gasteiger partial charge on any atom is 0.319 e. The minimum absolute atomic E-state index is 0.191. The van der Waals surface area contributed by atoms with Crippen molar-refractivity contribution in [3.05, 3.63) is 59.7 Å². The van der Waals surface area contributed by atoms with Crippen molar-refractivity contribution in [1.82, 2.24) is 10.3 Å².